The van der Waals surface area contributed by atoms with E-state index in [1.165, 1.54) is 6.07 Å². The zero-order valence-corrected chi connectivity index (χ0v) is 14.6. The van der Waals surface area contributed by atoms with Crippen LogP contribution >= 0.6 is 39.1 Å². The molecule has 0 radical (unpaired) electrons. The third-order valence-corrected chi connectivity index (χ3v) is 4.10. The van der Waals surface area contributed by atoms with Gasteiger partial charge in [0.2, 0.25) is 0 Å². The molecule has 0 bridgehead atoms. The fraction of sp³-hybridized carbons (Fsp3) is 0.250. The first-order valence-electron chi connectivity index (χ1n) is 6.63. The summed E-state index contributed by atoms with van der Waals surface area (Å²) in [6, 6.07) is 10.3. The highest BCUT2D eigenvalue weighted by Crippen LogP contribution is 2.27. The Morgan fingerprint density at radius 1 is 1.14 bits per heavy atom. The Morgan fingerprint density at radius 3 is 2.43 bits per heavy atom. The first-order chi connectivity index (χ1) is 9.99. The van der Waals surface area contributed by atoms with Gasteiger partial charge in [-0.25, -0.2) is 4.39 Å². The lowest BCUT2D eigenvalue weighted by Gasteiger charge is -2.19. The number of nitrogens with one attached hydrogen (secondary N) is 1. The van der Waals surface area contributed by atoms with Crippen molar-refractivity contribution in [1.82, 2.24) is 5.32 Å². The predicted octanol–water partition coefficient (Wildman–Crippen LogP) is 5.79. The zero-order chi connectivity index (χ0) is 15.4. The van der Waals surface area contributed by atoms with Crippen LogP contribution in [-0.4, -0.2) is 6.54 Å². The lowest BCUT2D eigenvalue weighted by atomic mass is 9.98. The summed E-state index contributed by atoms with van der Waals surface area (Å²) in [4.78, 5) is 0. The van der Waals surface area contributed by atoms with Crippen LogP contribution in [0.25, 0.3) is 0 Å². The quantitative estimate of drug-likeness (QED) is 0.681. The van der Waals surface area contributed by atoms with Crippen molar-refractivity contribution in [2.24, 2.45) is 0 Å². The van der Waals surface area contributed by atoms with Crippen molar-refractivity contribution in [2.75, 3.05) is 6.54 Å². The van der Waals surface area contributed by atoms with E-state index in [0.717, 1.165) is 16.6 Å². The molecule has 0 aliphatic carbocycles. The summed E-state index contributed by atoms with van der Waals surface area (Å²) in [6.07, 6.45) is 0.524. The highest BCUT2D eigenvalue weighted by atomic mass is 79.9. The van der Waals surface area contributed by atoms with E-state index in [-0.39, 0.29) is 11.9 Å². The molecule has 0 spiro atoms. The molecule has 1 nitrogen and oxygen atoms in total. The lowest BCUT2D eigenvalue weighted by Crippen LogP contribution is -2.23. The van der Waals surface area contributed by atoms with E-state index >= 15 is 0 Å². The molecule has 0 aliphatic rings. The molecule has 1 atom stereocenters. The van der Waals surface area contributed by atoms with Gasteiger partial charge in [0, 0.05) is 20.6 Å². The monoisotopic (exact) mass is 389 g/mol. The highest BCUT2D eigenvalue weighted by Gasteiger charge is 2.15. The number of likely N-dealkylation sites (N-methyl/N-ethyl adjacent to an activating group) is 1. The maximum atomic E-state index is 13.9. The van der Waals surface area contributed by atoms with Crippen molar-refractivity contribution in [2.45, 2.75) is 19.4 Å². The van der Waals surface area contributed by atoms with E-state index in [4.69, 9.17) is 23.2 Å². The van der Waals surface area contributed by atoms with E-state index < -0.39 is 0 Å². The van der Waals surface area contributed by atoms with Crippen LogP contribution in [0, 0.1) is 5.82 Å². The SMILES string of the molecule is CCNC(Cc1cc(Br)ccc1F)c1cc(Cl)cc(Cl)c1. The largest absolute Gasteiger partial charge is 0.310 e. The first-order valence-corrected chi connectivity index (χ1v) is 8.17. The molecule has 0 fully saturated rings. The zero-order valence-electron chi connectivity index (χ0n) is 11.5. The second kappa shape index (κ2) is 7.59. The average Bonchev–Trinajstić information content (AvgIpc) is 2.41. The molecule has 21 heavy (non-hydrogen) atoms. The fourth-order valence-corrected chi connectivity index (χ4v) is 3.20. The molecule has 5 heteroatoms. The van der Waals surface area contributed by atoms with E-state index in [1.54, 1.807) is 18.2 Å². The van der Waals surface area contributed by atoms with Crippen molar-refractivity contribution in [1.29, 1.82) is 0 Å². The average molecular weight is 391 g/mol. The van der Waals surface area contributed by atoms with Crippen LogP contribution in [0.5, 0.6) is 0 Å². The van der Waals surface area contributed by atoms with Gasteiger partial charge in [0.05, 0.1) is 0 Å². The molecule has 0 saturated heterocycles. The summed E-state index contributed by atoms with van der Waals surface area (Å²) >= 11 is 15.5. The van der Waals surface area contributed by atoms with Gasteiger partial charge in [-0.2, -0.15) is 0 Å². The Bertz CT molecular complexity index is 613. The minimum absolute atomic E-state index is 0.0463. The van der Waals surface area contributed by atoms with Crippen LogP contribution in [0.1, 0.15) is 24.1 Å². The molecule has 0 aromatic heterocycles. The molecule has 1 unspecified atom stereocenters. The van der Waals surface area contributed by atoms with Crippen LogP contribution in [0.3, 0.4) is 0 Å². The summed E-state index contributed by atoms with van der Waals surface area (Å²) < 4.78 is 14.8. The van der Waals surface area contributed by atoms with E-state index in [0.29, 0.717) is 22.0 Å². The summed E-state index contributed by atoms with van der Waals surface area (Å²) in [5.41, 5.74) is 1.60. The van der Waals surface area contributed by atoms with E-state index in [2.05, 4.69) is 21.2 Å². The van der Waals surface area contributed by atoms with Crippen LogP contribution < -0.4 is 5.32 Å². The van der Waals surface area contributed by atoms with Crippen LogP contribution in [0.4, 0.5) is 4.39 Å². The normalized spacial score (nSPS) is 12.4. The number of hydrogen-bond acceptors (Lipinski definition) is 1. The van der Waals surface area contributed by atoms with Gasteiger partial charge in [-0.05, 0) is 60.5 Å². The Balaban J connectivity index is 2.32. The smallest absolute Gasteiger partial charge is 0.126 e. The Kier molecular flexibility index (Phi) is 6.06. The van der Waals surface area contributed by atoms with Gasteiger partial charge >= 0.3 is 0 Å². The van der Waals surface area contributed by atoms with Crippen LogP contribution in [0.2, 0.25) is 10.0 Å². The predicted molar refractivity (Wildman–Crippen MR) is 90.7 cm³/mol. The fourth-order valence-electron chi connectivity index (χ4n) is 2.25. The van der Waals surface area contributed by atoms with Gasteiger partial charge < -0.3 is 5.32 Å². The third kappa shape index (κ3) is 4.68. The molecular weight excluding hydrogens is 376 g/mol. The Morgan fingerprint density at radius 2 is 1.81 bits per heavy atom. The van der Waals surface area contributed by atoms with Crippen molar-refractivity contribution in [3.8, 4) is 0 Å². The molecule has 112 valence electrons. The molecule has 0 amide bonds. The molecule has 2 rings (SSSR count). The van der Waals surface area contributed by atoms with Crippen LogP contribution in [-0.2, 0) is 6.42 Å². The Labute approximate surface area is 142 Å². The number of rotatable bonds is 5. The topological polar surface area (TPSA) is 12.0 Å². The maximum absolute atomic E-state index is 13.9. The minimum atomic E-state index is -0.214. The molecule has 2 aromatic carbocycles. The molecule has 2 aromatic rings. The number of halogens is 4. The van der Waals surface area contributed by atoms with Gasteiger partial charge in [-0.1, -0.05) is 46.1 Å². The van der Waals surface area contributed by atoms with E-state index in [9.17, 15) is 4.39 Å². The van der Waals surface area contributed by atoms with E-state index in [1.807, 2.05) is 19.1 Å². The van der Waals surface area contributed by atoms with Crippen molar-refractivity contribution in [3.05, 3.63) is 67.9 Å². The second-order valence-electron chi connectivity index (χ2n) is 4.75. The maximum Gasteiger partial charge on any atom is 0.126 e. The van der Waals surface area contributed by atoms with Gasteiger partial charge in [-0.3, -0.25) is 0 Å². The van der Waals surface area contributed by atoms with Crippen LogP contribution in [0.15, 0.2) is 40.9 Å². The van der Waals surface area contributed by atoms with Crippen molar-refractivity contribution < 1.29 is 4.39 Å². The Hall–Kier alpha value is -0.610. The van der Waals surface area contributed by atoms with Gasteiger partial charge in [0.1, 0.15) is 5.82 Å². The van der Waals surface area contributed by atoms with Gasteiger partial charge in [-0.15, -0.1) is 0 Å². The summed E-state index contributed by atoms with van der Waals surface area (Å²) in [7, 11) is 0. The van der Waals surface area contributed by atoms with Gasteiger partial charge in [0.15, 0.2) is 0 Å². The summed E-state index contributed by atoms with van der Waals surface area (Å²) in [6.45, 7) is 2.78. The lowest BCUT2D eigenvalue weighted by molar-refractivity contribution is 0.528. The van der Waals surface area contributed by atoms with Crippen molar-refractivity contribution in [3.63, 3.8) is 0 Å². The number of benzene rings is 2. The number of hydrogen-bond donors (Lipinski definition) is 1. The highest BCUT2D eigenvalue weighted by molar-refractivity contribution is 9.10. The molecule has 1 N–H and O–H groups in total. The molecule has 0 heterocycles. The first kappa shape index (κ1) is 16.8. The summed E-state index contributed by atoms with van der Waals surface area (Å²) in [5.74, 6) is -0.214. The summed E-state index contributed by atoms with van der Waals surface area (Å²) in [5, 5.41) is 4.51. The third-order valence-electron chi connectivity index (χ3n) is 3.17. The standard InChI is InChI=1S/C16H15BrCl2FN/c1-2-21-16(11-6-13(18)9-14(19)7-11)8-10-5-12(17)3-4-15(10)20/h3-7,9,16,21H,2,8H2,1H3. The van der Waals surface area contributed by atoms with Crippen molar-refractivity contribution >= 4 is 39.1 Å². The van der Waals surface area contributed by atoms with Gasteiger partial charge in [0.25, 0.3) is 0 Å². The minimum Gasteiger partial charge on any atom is -0.310 e. The molecule has 0 saturated carbocycles. The second-order valence-corrected chi connectivity index (χ2v) is 6.54. The molecular formula is C16H15BrCl2FN. The molecule has 0 aliphatic heterocycles.